The molecular formula is C23H22N4O2S. The lowest BCUT2D eigenvalue weighted by Crippen LogP contribution is -2.40. The van der Waals surface area contributed by atoms with Gasteiger partial charge in [-0.25, -0.2) is 4.98 Å². The Hall–Kier alpha value is -3.32. The molecule has 4 aromatic rings. The molecule has 30 heavy (non-hydrogen) atoms. The number of aromatic hydroxyl groups is 1. The summed E-state index contributed by atoms with van der Waals surface area (Å²) >= 11 is 1.69. The van der Waals surface area contributed by atoms with E-state index in [0.717, 1.165) is 16.0 Å². The molecule has 152 valence electrons. The first-order valence-electron chi connectivity index (χ1n) is 9.53. The molecule has 0 unspecified atom stereocenters. The largest absolute Gasteiger partial charge is 0.493 e. The molecule has 0 aliphatic rings. The van der Waals surface area contributed by atoms with Crippen LogP contribution in [0, 0.1) is 0 Å². The summed E-state index contributed by atoms with van der Waals surface area (Å²) in [7, 11) is 0. The fourth-order valence-electron chi connectivity index (χ4n) is 3.02. The van der Waals surface area contributed by atoms with Gasteiger partial charge in [-0.15, -0.1) is 0 Å². The molecule has 2 heterocycles. The normalized spacial score (nSPS) is 11.6. The number of benzene rings is 2. The predicted molar refractivity (Wildman–Crippen MR) is 118 cm³/mol. The summed E-state index contributed by atoms with van der Waals surface area (Å²) in [6.45, 7) is 5.62. The molecule has 0 atom stereocenters. The van der Waals surface area contributed by atoms with E-state index in [1.807, 2.05) is 63.2 Å². The molecular weight excluding hydrogens is 396 g/mol. The van der Waals surface area contributed by atoms with E-state index in [2.05, 4.69) is 27.5 Å². The zero-order valence-corrected chi connectivity index (χ0v) is 17.8. The molecule has 4 rings (SSSR count). The molecule has 2 aromatic heterocycles. The highest BCUT2D eigenvalue weighted by atomic mass is 32.2. The lowest BCUT2D eigenvalue weighted by molar-refractivity contribution is 0.0915. The van der Waals surface area contributed by atoms with E-state index in [9.17, 15) is 9.90 Å². The van der Waals surface area contributed by atoms with Crippen molar-refractivity contribution in [3.05, 3.63) is 72.6 Å². The van der Waals surface area contributed by atoms with Crippen molar-refractivity contribution in [2.75, 3.05) is 0 Å². The fraction of sp³-hybridized carbons (Fsp3) is 0.174. The summed E-state index contributed by atoms with van der Waals surface area (Å²) in [5.41, 5.74) is 1.86. The van der Waals surface area contributed by atoms with Gasteiger partial charge < -0.3 is 10.4 Å². The number of carbonyl (C=O) groups excluding carboxylic acids is 1. The Bertz CT molecular complexity index is 1200. The standard InChI is InChI=1S/C23H22N4O2S/c1-23(2,3)26-21(28)19-13-24-20-18(14-25-27(20)22(19)29)15-9-11-17(12-10-15)30-16-7-5-4-6-8-16/h4-14,29H,1-3H3,(H,26,28). The van der Waals surface area contributed by atoms with Gasteiger partial charge in [-0.05, 0) is 50.6 Å². The van der Waals surface area contributed by atoms with Crippen molar-refractivity contribution in [3.8, 4) is 17.0 Å². The van der Waals surface area contributed by atoms with Gasteiger partial charge in [-0.3, -0.25) is 4.79 Å². The van der Waals surface area contributed by atoms with Crippen LogP contribution in [0.3, 0.4) is 0 Å². The molecule has 0 fully saturated rings. The van der Waals surface area contributed by atoms with E-state index in [0.29, 0.717) is 5.65 Å². The number of nitrogens with zero attached hydrogens (tertiary/aromatic N) is 3. The molecule has 7 heteroatoms. The van der Waals surface area contributed by atoms with Crippen LogP contribution < -0.4 is 5.32 Å². The number of carbonyl (C=O) groups is 1. The van der Waals surface area contributed by atoms with Crippen molar-refractivity contribution in [2.24, 2.45) is 0 Å². The summed E-state index contributed by atoms with van der Waals surface area (Å²) in [5, 5.41) is 17.6. The Morgan fingerprint density at radius 3 is 2.33 bits per heavy atom. The lowest BCUT2D eigenvalue weighted by Gasteiger charge is -2.20. The Balaban J connectivity index is 1.62. The number of hydrogen-bond acceptors (Lipinski definition) is 5. The second-order valence-electron chi connectivity index (χ2n) is 7.93. The number of aromatic nitrogens is 3. The highest BCUT2D eigenvalue weighted by Crippen LogP contribution is 2.31. The molecule has 0 saturated heterocycles. The van der Waals surface area contributed by atoms with Crippen molar-refractivity contribution in [1.29, 1.82) is 0 Å². The third-order valence-corrected chi connectivity index (χ3v) is 5.39. The monoisotopic (exact) mass is 418 g/mol. The van der Waals surface area contributed by atoms with Gasteiger partial charge in [0.2, 0.25) is 5.88 Å². The number of hydrogen-bond donors (Lipinski definition) is 2. The Morgan fingerprint density at radius 1 is 1.00 bits per heavy atom. The summed E-state index contributed by atoms with van der Waals surface area (Å²) in [4.78, 5) is 19.1. The van der Waals surface area contributed by atoms with Gasteiger partial charge in [0.15, 0.2) is 5.65 Å². The van der Waals surface area contributed by atoms with Gasteiger partial charge in [-0.1, -0.05) is 42.1 Å². The van der Waals surface area contributed by atoms with E-state index in [1.54, 1.807) is 18.0 Å². The minimum absolute atomic E-state index is 0.0849. The van der Waals surface area contributed by atoms with Crippen LogP contribution in [0.5, 0.6) is 5.88 Å². The predicted octanol–water partition coefficient (Wildman–Crippen LogP) is 4.78. The smallest absolute Gasteiger partial charge is 0.258 e. The Labute approximate surface area is 179 Å². The first-order valence-corrected chi connectivity index (χ1v) is 10.3. The highest BCUT2D eigenvalue weighted by molar-refractivity contribution is 7.99. The SMILES string of the molecule is CC(C)(C)NC(=O)c1cnc2c(-c3ccc(Sc4ccccc4)cc3)cnn2c1O. The molecule has 1 amide bonds. The van der Waals surface area contributed by atoms with Crippen LogP contribution in [0.15, 0.2) is 76.8 Å². The highest BCUT2D eigenvalue weighted by Gasteiger charge is 2.22. The number of fused-ring (bicyclic) bond motifs is 1. The zero-order valence-electron chi connectivity index (χ0n) is 17.0. The first-order chi connectivity index (χ1) is 14.3. The van der Waals surface area contributed by atoms with Gasteiger partial charge >= 0.3 is 0 Å². The maximum Gasteiger partial charge on any atom is 0.258 e. The van der Waals surface area contributed by atoms with Crippen LogP contribution in [0.25, 0.3) is 16.8 Å². The summed E-state index contributed by atoms with van der Waals surface area (Å²) in [6.07, 6.45) is 3.03. The van der Waals surface area contributed by atoms with Gasteiger partial charge in [-0.2, -0.15) is 9.61 Å². The van der Waals surface area contributed by atoms with Crippen molar-refractivity contribution < 1.29 is 9.90 Å². The van der Waals surface area contributed by atoms with Crippen LogP contribution >= 0.6 is 11.8 Å². The quantitative estimate of drug-likeness (QED) is 0.499. The zero-order chi connectivity index (χ0) is 21.3. The lowest BCUT2D eigenvalue weighted by atomic mass is 10.1. The third kappa shape index (κ3) is 4.16. The van der Waals surface area contributed by atoms with Crippen LogP contribution in [-0.2, 0) is 0 Å². The van der Waals surface area contributed by atoms with Crippen molar-refractivity contribution in [1.82, 2.24) is 19.9 Å². The van der Waals surface area contributed by atoms with Gasteiger partial charge in [0.05, 0.1) is 6.20 Å². The molecule has 0 aliphatic carbocycles. The maximum absolute atomic E-state index is 12.4. The van der Waals surface area contributed by atoms with Crippen LogP contribution in [0.4, 0.5) is 0 Å². The van der Waals surface area contributed by atoms with Crippen LogP contribution in [0.2, 0.25) is 0 Å². The molecule has 6 nitrogen and oxygen atoms in total. The van der Waals surface area contributed by atoms with Crippen LogP contribution in [-0.4, -0.2) is 31.2 Å². The average Bonchev–Trinajstić information content (AvgIpc) is 3.13. The maximum atomic E-state index is 12.4. The third-order valence-electron chi connectivity index (χ3n) is 4.38. The summed E-state index contributed by atoms with van der Waals surface area (Å²) < 4.78 is 1.29. The van der Waals surface area contributed by atoms with Gasteiger partial charge in [0, 0.05) is 27.1 Å². The summed E-state index contributed by atoms with van der Waals surface area (Å²) in [5.74, 6) is -0.627. The molecule has 0 saturated carbocycles. The van der Waals surface area contributed by atoms with E-state index in [4.69, 9.17) is 0 Å². The number of rotatable bonds is 4. The van der Waals surface area contributed by atoms with Gasteiger partial charge in [0.25, 0.3) is 5.91 Å². The Morgan fingerprint density at radius 2 is 1.67 bits per heavy atom. The van der Waals surface area contributed by atoms with E-state index >= 15 is 0 Å². The minimum atomic E-state index is -0.423. The molecule has 2 N–H and O–H groups in total. The molecule has 0 radical (unpaired) electrons. The topological polar surface area (TPSA) is 79.5 Å². The van der Waals surface area contributed by atoms with E-state index in [-0.39, 0.29) is 11.4 Å². The molecule has 0 bridgehead atoms. The number of nitrogens with one attached hydrogen (secondary N) is 1. The van der Waals surface area contributed by atoms with E-state index < -0.39 is 11.4 Å². The second-order valence-corrected chi connectivity index (χ2v) is 9.08. The minimum Gasteiger partial charge on any atom is -0.493 e. The van der Waals surface area contributed by atoms with Crippen LogP contribution in [0.1, 0.15) is 31.1 Å². The van der Waals surface area contributed by atoms with Gasteiger partial charge in [0.1, 0.15) is 5.56 Å². The average molecular weight is 419 g/mol. The Kier molecular flexibility index (Phi) is 5.22. The van der Waals surface area contributed by atoms with Crippen molar-refractivity contribution in [3.63, 3.8) is 0 Å². The van der Waals surface area contributed by atoms with Crippen molar-refractivity contribution in [2.45, 2.75) is 36.1 Å². The first kappa shape index (κ1) is 20.0. The second kappa shape index (κ2) is 7.84. The number of amides is 1. The molecule has 0 spiro atoms. The van der Waals surface area contributed by atoms with E-state index in [1.165, 1.54) is 15.6 Å². The summed E-state index contributed by atoms with van der Waals surface area (Å²) in [6, 6.07) is 18.3. The molecule has 2 aromatic carbocycles. The fourth-order valence-corrected chi connectivity index (χ4v) is 3.86. The molecule has 0 aliphatic heterocycles. The van der Waals surface area contributed by atoms with Crippen molar-refractivity contribution >= 4 is 23.3 Å².